The largest absolute Gasteiger partial charge is 0.468 e. The van der Waals surface area contributed by atoms with E-state index in [-0.39, 0.29) is 39.3 Å². The molecule has 15 heteroatoms. The molecule has 3 rings (SSSR count). The minimum absolute atomic E-state index is 0.107. The van der Waals surface area contributed by atoms with Crippen molar-refractivity contribution in [3.8, 4) is 11.6 Å². The fraction of sp³-hybridized carbons (Fsp3) is 0.400. The van der Waals surface area contributed by atoms with Crippen LogP contribution in [0.15, 0.2) is 42.7 Å². The lowest BCUT2D eigenvalue weighted by Gasteiger charge is -2.18. The first-order valence-corrected chi connectivity index (χ1v) is 12.0. The van der Waals surface area contributed by atoms with E-state index in [2.05, 4.69) is 15.2 Å². The maximum absolute atomic E-state index is 11.8. The Kier molecular flexibility index (Phi) is 10.8. The number of esters is 4. The van der Waals surface area contributed by atoms with Crippen LogP contribution in [0.1, 0.15) is 11.4 Å². The molecule has 0 atom stereocenters. The standard InChI is InChI=1S/C25H31N7O8/c1-37-22(33)14-29(15-23(34)38-2)12-18-8-10-31(27-18)20-6-5-7-21(26-20)32-11-9-19(28-32)13-30(16-24(35)39-3)17-25(36)40-4/h5-11H,12-17H2,1-4H3. The Morgan fingerprint density at radius 2 is 0.975 bits per heavy atom. The molecule has 0 aliphatic heterocycles. The number of ether oxygens (including phenoxy) is 4. The van der Waals surface area contributed by atoms with E-state index in [0.29, 0.717) is 23.0 Å². The third-order valence-corrected chi connectivity index (χ3v) is 5.57. The number of carbonyl (C=O) groups excluding carboxylic acids is 4. The molecule has 214 valence electrons. The normalized spacial score (nSPS) is 10.9. The van der Waals surface area contributed by atoms with Gasteiger partial charge in [0.25, 0.3) is 0 Å². The second-order valence-corrected chi connectivity index (χ2v) is 8.45. The van der Waals surface area contributed by atoms with Crippen molar-refractivity contribution in [2.45, 2.75) is 13.1 Å². The van der Waals surface area contributed by atoms with Crippen LogP contribution in [0.4, 0.5) is 0 Å². The monoisotopic (exact) mass is 557 g/mol. The zero-order valence-corrected chi connectivity index (χ0v) is 22.7. The molecule has 3 aromatic rings. The molecule has 0 unspecified atom stereocenters. The highest BCUT2D eigenvalue weighted by Gasteiger charge is 2.19. The maximum Gasteiger partial charge on any atom is 0.319 e. The Hall–Kier alpha value is -4.63. The third-order valence-electron chi connectivity index (χ3n) is 5.57. The van der Waals surface area contributed by atoms with Gasteiger partial charge in [0.2, 0.25) is 0 Å². The van der Waals surface area contributed by atoms with Gasteiger partial charge in [-0.3, -0.25) is 29.0 Å². The van der Waals surface area contributed by atoms with Crippen molar-refractivity contribution in [1.29, 1.82) is 0 Å². The van der Waals surface area contributed by atoms with E-state index < -0.39 is 23.9 Å². The van der Waals surface area contributed by atoms with Crippen LogP contribution >= 0.6 is 0 Å². The summed E-state index contributed by atoms with van der Waals surface area (Å²) in [5.74, 6) is -0.951. The molecule has 0 saturated carbocycles. The van der Waals surface area contributed by atoms with Gasteiger partial charge in [-0.25, -0.2) is 14.3 Å². The van der Waals surface area contributed by atoms with Gasteiger partial charge in [-0.1, -0.05) is 6.07 Å². The molecule has 3 heterocycles. The van der Waals surface area contributed by atoms with E-state index in [0.717, 1.165) is 0 Å². The molecule has 0 aliphatic carbocycles. The van der Waals surface area contributed by atoms with Gasteiger partial charge in [0, 0.05) is 25.5 Å². The summed E-state index contributed by atoms with van der Waals surface area (Å²) in [6, 6.07) is 8.82. The molecule has 0 bridgehead atoms. The first-order chi connectivity index (χ1) is 19.2. The van der Waals surface area contributed by atoms with Gasteiger partial charge >= 0.3 is 23.9 Å². The predicted molar refractivity (Wildman–Crippen MR) is 137 cm³/mol. The lowest BCUT2D eigenvalue weighted by Crippen LogP contribution is -2.35. The SMILES string of the molecule is COC(=O)CN(CC(=O)OC)Cc1ccn(-c2cccc(-n3ccc(CN(CC(=O)OC)CC(=O)OC)n3)n2)n1. The van der Waals surface area contributed by atoms with Gasteiger partial charge in [-0.05, 0) is 24.3 Å². The van der Waals surface area contributed by atoms with Gasteiger partial charge in [-0.15, -0.1) is 0 Å². The van der Waals surface area contributed by atoms with Gasteiger partial charge < -0.3 is 18.9 Å². The molecule has 0 spiro atoms. The number of nitrogens with zero attached hydrogens (tertiary/aromatic N) is 7. The molecule has 0 fully saturated rings. The molecular weight excluding hydrogens is 526 g/mol. The molecule has 0 amide bonds. The molecule has 0 aromatic carbocycles. The Morgan fingerprint density at radius 1 is 0.625 bits per heavy atom. The number of pyridine rings is 1. The van der Waals surface area contributed by atoms with Crippen molar-refractivity contribution in [2.24, 2.45) is 0 Å². The van der Waals surface area contributed by atoms with Crippen LogP contribution in [-0.2, 0) is 51.2 Å². The Labute approximate surface area is 230 Å². The summed E-state index contributed by atoms with van der Waals surface area (Å²) in [7, 11) is 5.09. The summed E-state index contributed by atoms with van der Waals surface area (Å²) < 4.78 is 22.0. The second kappa shape index (κ2) is 14.5. The smallest absolute Gasteiger partial charge is 0.319 e. The van der Waals surface area contributed by atoms with Gasteiger partial charge in [0.1, 0.15) is 0 Å². The Balaban J connectivity index is 1.73. The fourth-order valence-corrected chi connectivity index (χ4v) is 3.60. The lowest BCUT2D eigenvalue weighted by atomic mass is 10.3. The average Bonchev–Trinajstić information content (AvgIpc) is 3.62. The molecule has 0 aliphatic rings. The third kappa shape index (κ3) is 8.71. The Morgan fingerprint density at radius 3 is 1.30 bits per heavy atom. The highest BCUT2D eigenvalue weighted by Crippen LogP contribution is 2.12. The van der Waals surface area contributed by atoms with Gasteiger partial charge in [0.05, 0.1) is 66.0 Å². The fourth-order valence-electron chi connectivity index (χ4n) is 3.60. The van der Waals surface area contributed by atoms with Crippen LogP contribution in [0, 0.1) is 0 Å². The maximum atomic E-state index is 11.8. The summed E-state index contributed by atoms with van der Waals surface area (Å²) in [5, 5.41) is 9.04. The summed E-state index contributed by atoms with van der Waals surface area (Å²) in [6.45, 7) is -0.0236. The van der Waals surface area contributed by atoms with E-state index in [1.807, 2.05) is 0 Å². The minimum atomic E-state index is -0.491. The highest BCUT2D eigenvalue weighted by molar-refractivity contribution is 5.75. The summed E-state index contributed by atoms with van der Waals surface area (Å²) in [4.78, 5) is 54.8. The zero-order chi connectivity index (χ0) is 29.1. The van der Waals surface area contributed by atoms with Crippen LogP contribution < -0.4 is 0 Å². The Bertz CT molecular complexity index is 1190. The molecule has 40 heavy (non-hydrogen) atoms. The first kappa shape index (κ1) is 29.9. The topological polar surface area (TPSA) is 160 Å². The lowest BCUT2D eigenvalue weighted by molar-refractivity contribution is -0.147. The molecule has 0 N–H and O–H groups in total. The van der Waals surface area contributed by atoms with Crippen LogP contribution in [0.3, 0.4) is 0 Å². The van der Waals surface area contributed by atoms with Crippen molar-refractivity contribution < 1.29 is 38.1 Å². The van der Waals surface area contributed by atoms with E-state index >= 15 is 0 Å². The summed E-state index contributed by atoms with van der Waals surface area (Å²) >= 11 is 0. The predicted octanol–water partition coefficient (Wildman–Crippen LogP) is -0.251. The van der Waals surface area contributed by atoms with Crippen molar-refractivity contribution in [1.82, 2.24) is 34.3 Å². The van der Waals surface area contributed by atoms with Gasteiger partial charge in [-0.2, -0.15) is 10.2 Å². The van der Waals surface area contributed by atoms with E-state index in [1.54, 1.807) is 61.9 Å². The van der Waals surface area contributed by atoms with E-state index in [9.17, 15) is 19.2 Å². The number of hydrogen-bond acceptors (Lipinski definition) is 13. The van der Waals surface area contributed by atoms with Crippen molar-refractivity contribution in [3.63, 3.8) is 0 Å². The highest BCUT2D eigenvalue weighted by atomic mass is 16.5. The summed E-state index contributed by atoms with van der Waals surface area (Å²) in [6.07, 6.45) is 3.42. The van der Waals surface area contributed by atoms with Crippen molar-refractivity contribution in [2.75, 3.05) is 54.6 Å². The number of hydrogen-bond donors (Lipinski definition) is 0. The number of methoxy groups -OCH3 is 4. The van der Waals surface area contributed by atoms with Gasteiger partial charge in [0.15, 0.2) is 11.6 Å². The first-order valence-electron chi connectivity index (χ1n) is 12.0. The number of aromatic nitrogens is 5. The van der Waals surface area contributed by atoms with E-state index in [1.165, 1.54) is 28.4 Å². The molecule has 0 radical (unpaired) electrons. The van der Waals surface area contributed by atoms with Crippen LogP contribution in [0.5, 0.6) is 0 Å². The number of carbonyl (C=O) groups is 4. The molecule has 0 saturated heterocycles. The minimum Gasteiger partial charge on any atom is -0.468 e. The van der Waals surface area contributed by atoms with Crippen LogP contribution in [0.25, 0.3) is 11.6 Å². The van der Waals surface area contributed by atoms with Crippen molar-refractivity contribution in [3.05, 3.63) is 54.1 Å². The summed E-state index contributed by atoms with van der Waals surface area (Å²) in [5.41, 5.74) is 1.19. The molecule has 15 nitrogen and oxygen atoms in total. The number of rotatable bonds is 14. The average molecular weight is 558 g/mol. The quantitative estimate of drug-likeness (QED) is 0.189. The molecular formula is C25H31N7O8. The zero-order valence-electron chi connectivity index (χ0n) is 22.7. The second-order valence-electron chi connectivity index (χ2n) is 8.45. The van der Waals surface area contributed by atoms with Crippen LogP contribution in [-0.4, -0.2) is 113 Å². The van der Waals surface area contributed by atoms with Crippen molar-refractivity contribution >= 4 is 23.9 Å². The van der Waals surface area contributed by atoms with Crippen LogP contribution in [0.2, 0.25) is 0 Å². The van der Waals surface area contributed by atoms with E-state index in [4.69, 9.17) is 18.9 Å². The molecule has 3 aromatic heterocycles.